The fourth-order valence-electron chi connectivity index (χ4n) is 2.62. The molecule has 0 amide bonds. The molecule has 5 heteroatoms. The van der Waals surface area contributed by atoms with Gasteiger partial charge in [-0.25, -0.2) is 4.79 Å². The first-order valence-corrected chi connectivity index (χ1v) is 8.41. The van der Waals surface area contributed by atoms with Crippen LogP contribution in [0.1, 0.15) is 36.5 Å². The second-order valence-corrected chi connectivity index (χ2v) is 5.84. The van der Waals surface area contributed by atoms with Crippen molar-refractivity contribution < 1.29 is 19.1 Å². The van der Waals surface area contributed by atoms with Crippen molar-refractivity contribution in [2.75, 3.05) is 13.2 Å². The van der Waals surface area contributed by atoms with E-state index >= 15 is 0 Å². The number of ketones is 1. The monoisotopic (exact) mass is 351 g/mol. The number of hydrogen-bond donors (Lipinski definition) is 0. The topological polar surface area (TPSA) is 76.4 Å². The smallest absolute Gasteiger partial charge is 0.344 e. The van der Waals surface area contributed by atoms with Crippen LogP contribution in [0.25, 0.3) is 0 Å². The summed E-state index contributed by atoms with van der Waals surface area (Å²) in [5, 5.41) is 9.04. The van der Waals surface area contributed by atoms with Crippen molar-refractivity contribution in [3.63, 3.8) is 0 Å². The summed E-state index contributed by atoms with van der Waals surface area (Å²) < 4.78 is 10.2. The molecule has 0 saturated heterocycles. The minimum absolute atomic E-state index is 0.0442. The molecule has 5 nitrogen and oxygen atoms in total. The van der Waals surface area contributed by atoms with E-state index in [1.807, 2.05) is 18.2 Å². The Kier molecular flexibility index (Phi) is 6.92. The minimum atomic E-state index is -0.411. The van der Waals surface area contributed by atoms with Crippen molar-refractivity contribution >= 4 is 11.8 Å². The van der Waals surface area contributed by atoms with Gasteiger partial charge >= 0.3 is 5.97 Å². The van der Waals surface area contributed by atoms with Crippen LogP contribution in [0.2, 0.25) is 0 Å². The average Bonchev–Trinajstić information content (AvgIpc) is 2.65. The van der Waals surface area contributed by atoms with Crippen LogP contribution >= 0.6 is 0 Å². The summed E-state index contributed by atoms with van der Waals surface area (Å²) in [5.74, 6) is -0.115. The van der Waals surface area contributed by atoms with E-state index in [4.69, 9.17) is 14.7 Å². The third-order valence-electron chi connectivity index (χ3n) is 3.93. The molecule has 2 aromatic rings. The Balaban J connectivity index is 2.06. The molecule has 1 atom stereocenters. The summed E-state index contributed by atoms with van der Waals surface area (Å²) in [6.07, 6.45) is 0.530. The van der Waals surface area contributed by atoms with Gasteiger partial charge in [-0.2, -0.15) is 5.26 Å². The zero-order chi connectivity index (χ0) is 18.9. The Labute approximate surface area is 153 Å². The molecule has 0 aromatic heterocycles. The number of Topliss-reactive ketones (excluding diaryl/α,β-unsaturated/α-hetero) is 1. The van der Waals surface area contributed by atoms with E-state index in [0.717, 1.165) is 11.1 Å². The molecule has 26 heavy (non-hydrogen) atoms. The molecule has 0 N–H and O–H groups in total. The molecule has 2 aromatic carbocycles. The van der Waals surface area contributed by atoms with Crippen LogP contribution in [0.15, 0.2) is 48.5 Å². The standard InChI is InChI=1S/C21H21NO4/c1-3-25-21(24)14-26-19-9-7-16(8-10-19)12-20(15(2)23)18-6-4-5-17(11-18)13-22/h4-11,20H,3,12,14H2,1-2H3. The second kappa shape index (κ2) is 9.38. The molecule has 2 rings (SSSR count). The number of nitriles is 1. The molecular formula is C21H21NO4. The molecule has 0 aliphatic rings. The van der Waals surface area contributed by atoms with Crippen LogP contribution < -0.4 is 4.74 Å². The Morgan fingerprint density at radius 3 is 2.50 bits per heavy atom. The lowest BCUT2D eigenvalue weighted by Gasteiger charge is -2.15. The van der Waals surface area contributed by atoms with Crippen LogP contribution in [-0.2, 0) is 20.7 Å². The molecule has 0 radical (unpaired) electrons. The van der Waals surface area contributed by atoms with Crippen LogP contribution in [0.3, 0.4) is 0 Å². The van der Waals surface area contributed by atoms with Gasteiger partial charge in [-0.15, -0.1) is 0 Å². The normalized spacial score (nSPS) is 11.3. The van der Waals surface area contributed by atoms with Gasteiger partial charge in [0.05, 0.1) is 18.2 Å². The molecule has 134 valence electrons. The van der Waals surface area contributed by atoms with E-state index in [2.05, 4.69) is 6.07 Å². The maximum Gasteiger partial charge on any atom is 0.344 e. The van der Waals surface area contributed by atoms with Gasteiger partial charge in [0.1, 0.15) is 11.5 Å². The largest absolute Gasteiger partial charge is 0.482 e. The quantitative estimate of drug-likeness (QED) is 0.681. The van der Waals surface area contributed by atoms with Gasteiger partial charge in [0, 0.05) is 5.92 Å². The van der Waals surface area contributed by atoms with Gasteiger partial charge in [-0.05, 0) is 55.7 Å². The van der Waals surface area contributed by atoms with E-state index in [-0.39, 0.29) is 18.3 Å². The number of rotatable bonds is 8. The van der Waals surface area contributed by atoms with E-state index in [1.54, 1.807) is 44.2 Å². The summed E-state index contributed by atoms with van der Waals surface area (Å²) in [5.41, 5.74) is 2.34. The molecule has 0 saturated carbocycles. The van der Waals surface area contributed by atoms with E-state index in [9.17, 15) is 9.59 Å². The molecule has 0 aliphatic carbocycles. The van der Waals surface area contributed by atoms with Gasteiger partial charge < -0.3 is 9.47 Å². The second-order valence-electron chi connectivity index (χ2n) is 5.84. The number of ether oxygens (including phenoxy) is 2. The van der Waals surface area contributed by atoms with E-state index in [1.165, 1.54) is 0 Å². The van der Waals surface area contributed by atoms with Gasteiger partial charge in [-0.1, -0.05) is 24.3 Å². The van der Waals surface area contributed by atoms with E-state index < -0.39 is 5.97 Å². The average molecular weight is 351 g/mol. The lowest BCUT2D eigenvalue weighted by molar-refractivity contribution is -0.145. The SMILES string of the molecule is CCOC(=O)COc1ccc(CC(C(C)=O)c2cccc(C#N)c2)cc1. The number of carbonyl (C=O) groups excluding carboxylic acids is 2. The molecule has 1 unspecified atom stereocenters. The van der Waals surface area contributed by atoms with Crippen LogP contribution in [0, 0.1) is 11.3 Å². The number of carbonyl (C=O) groups is 2. The molecule has 0 aliphatic heterocycles. The lowest BCUT2D eigenvalue weighted by Crippen LogP contribution is -2.14. The molecule has 0 fully saturated rings. The Morgan fingerprint density at radius 2 is 1.88 bits per heavy atom. The predicted molar refractivity (Wildman–Crippen MR) is 96.9 cm³/mol. The first-order chi connectivity index (χ1) is 12.5. The molecule has 0 heterocycles. The Morgan fingerprint density at radius 1 is 1.15 bits per heavy atom. The first kappa shape index (κ1) is 19.2. The number of nitrogens with zero attached hydrogens (tertiary/aromatic N) is 1. The summed E-state index contributed by atoms with van der Waals surface area (Å²) in [7, 11) is 0. The highest BCUT2D eigenvalue weighted by Crippen LogP contribution is 2.24. The summed E-state index contributed by atoms with van der Waals surface area (Å²) in [4.78, 5) is 23.4. The zero-order valence-corrected chi connectivity index (χ0v) is 14.9. The van der Waals surface area contributed by atoms with Gasteiger partial charge in [-0.3, -0.25) is 4.79 Å². The maximum atomic E-state index is 12.1. The Bertz CT molecular complexity index is 806. The van der Waals surface area contributed by atoms with Crippen molar-refractivity contribution in [1.82, 2.24) is 0 Å². The van der Waals surface area contributed by atoms with Gasteiger partial charge in [0.15, 0.2) is 6.61 Å². The van der Waals surface area contributed by atoms with Crippen LogP contribution in [0.4, 0.5) is 0 Å². The molecular weight excluding hydrogens is 330 g/mol. The van der Waals surface area contributed by atoms with Gasteiger partial charge in [0.25, 0.3) is 0 Å². The lowest BCUT2D eigenvalue weighted by atomic mass is 9.88. The summed E-state index contributed by atoms with van der Waals surface area (Å²) in [6, 6.07) is 16.5. The van der Waals surface area contributed by atoms with Crippen LogP contribution in [0.5, 0.6) is 5.75 Å². The zero-order valence-electron chi connectivity index (χ0n) is 14.9. The first-order valence-electron chi connectivity index (χ1n) is 8.41. The highest BCUT2D eigenvalue weighted by atomic mass is 16.6. The summed E-state index contributed by atoms with van der Waals surface area (Å²) >= 11 is 0. The number of benzene rings is 2. The van der Waals surface area contributed by atoms with Gasteiger partial charge in [0.2, 0.25) is 0 Å². The minimum Gasteiger partial charge on any atom is -0.482 e. The maximum absolute atomic E-state index is 12.1. The fourth-order valence-corrected chi connectivity index (χ4v) is 2.62. The molecule has 0 bridgehead atoms. The van der Waals surface area contributed by atoms with E-state index in [0.29, 0.717) is 24.3 Å². The number of hydrogen-bond acceptors (Lipinski definition) is 5. The Hall–Kier alpha value is -3.13. The van der Waals surface area contributed by atoms with Crippen molar-refractivity contribution in [1.29, 1.82) is 5.26 Å². The molecule has 0 spiro atoms. The summed E-state index contributed by atoms with van der Waals surface area (Å²) in [6.45, 7) is 3.48. The van der Waals surface area contributed by atoms with Crippen molar-refractivity contribution in [2.45, 2.75) is 26.2 Å². The highest BCUT2D eigenvalue weighted by Gasteiger charge is 2.18. The third-order valence-corrected chi connectivity index (χ3v) is 3.93. The predicted octanol–water partition coefficient (Wildman–Crippen LogP) is 3.42. The van der Waals surface area contributed by atoms with Crippen LogP contribution in [-0.4, -0.2) is 25.0 Å². The number of esters is 1. The highest BCUT2D eigenvalue weighted by molar-refractivity contribution is 5.83. The van der Waals surface area contributed by atoms with Crippen molar-refractivity contribution in [2.24, 2.45) is 0 Å². The third kappa shape index (κ3) is 5.45. The van der Waals surface area contributed by atoms with Crippen molar-refractivity contribution in [3.05, 3.63) is 65.2 Å². The van der Waals surface area contributed by atoms with Crippen molar-refractivity contribution in [3.8, 4) is 11.8 Å². The fraction of sp³-hybridized carbons (Fsp3) is 0.286.